The van der Waals surface area contributed by atoms with Crippen LogP contribution < -0.4 is 27.4 Å². The molecular formula is C27H36N8O4. The van der Waals surface area contributed by atoms with Gasteiger partial charge in [0.25, 0.3) is 5.91 Å². The molecule has 0 saturated carbocycles. The minimum Gasteiger partial charge on any atom is -0.444 e. The number of guanidine groups is 2. The molecule has 0 radical (unpaired) electrons. The summed E-state index contributed by atoms with van der Waals surface area (Å²) in [6.07, 6.45) is 1.55. The van der Waals surface area contributed by atoms with Gasteiger partial charge in [-0.3, -0.25) is 10.1 Å². The van der Waals surface area contributed by atoms with Crippen LogP contribution in [0.25, 0.3) is 0 Å². The van der Waals surface area contributed by atoms with Crippen LogP contribution >= 0.6 is 0 Å². The van der Waals surface area contributed by atoms with Crippen molar-refractivity contribution in [2.24, 2.45) is 21.5 Å². The number of urea groups is 1. The van der Waals surface area contributed by atoms with Gasteiger partial charge in [0, 0.05) is 37.3 Å². The lowest BCUT2D eigenvalue weighted by Crippen LogP contribution is -2.42. The number of piperidine rings is 1. The average molecular weight is 537 g/mol. The van der Waals surface area contributed by atoms with Gasteiger partial charge in [0.05, 0.1) is 5.69 Å². The standard InChI is InChI=1S/C27H36N8O4/c1-27(2,3)39-26(38)35-15-5-6-19(16-35)17-7-11-21(12-8-17)32-25(37)34-24(29)33-23(28)31-20-13-9-18(10-14-20)22(36)30-4/h7-14,19H,5-6,15-16H2,1-4H3,(H,30,36)(H6,28,29,31,32,33,34,37). The Hall–Kier alpha value is -4.61. The normalized spacial score (nSPS) is 16.3. The third-order valence-electron chi connectivity index (χ3n) is 5.79. The topological polar surface area (TPSA) is 177 Å². The number of anilines is 1. The van der Waals surface area contributed by atoms with E-state index in [1.165, 1.54) is 0 Å². The number of ether oxygens (including phenoxy) is 1. The maximum Gasteiger partial charge on any atom is 0.410 e. The van der Waals surface area contributed by atoms with Crippen LogP contribution in [0.3, 0.4) is 0 Å². The Balaban J connectivity index is 1.53. The molecule has 1 aliphatic heterocycles. The van der Waals surface area contributed by atoms with Crippen LogP contribution in [0.15, 0.2) is 58.5 Å². The van der Waals surface area contributed by atoms with Gasteiger partial charge < -0.3 is 31.7 Å². The molecule has 7 N–H and O–H groups in total. The third-order valence-corrected chi connectivity index (χ3v) is 5.79. The van der Waals surface area contributed by atoms with E-state index in [-0.39, 0.29) is 29.8 Å². The number of likely N-dealkylation sites (tertiary alicyclic amines) is 1. The summed E-state index contributed by atoms with van der Waals surface area (Å²) in [6.45, 7) is 6.82. The number of rotatable bonds is 4. The Bertz CT molecular complexity index is 1230. The molecule has 0 aliphatic carbocycles. The quantitative estimate of drug-likeness (QED) is 0.296. The van der Waals surface area contributed by atoms with Crippen LogP contribution in [0.2, 0.25) is 0 Å². The van der Waals surface area contributed by atoms with E-state index in [4.69, 9.17) is 16.2 Å². The molecule has 1 heterocycles. The molecule has 3 rings (SSSR count). The van der Waals surface area contributed by atoms with Gasteiger partial charge in [-0.15, -0.1) is 0 Å². The van der Waals surface area contributed by atoms with Crippen molar-refractivity contribution in [1.82, 2.24) is 15.5 Å². The second-order valence-corrected chi connectivity index (χ2v) is 10.1. The van der Waals surface area contributed by atoms with Crippen LogP contribution in [0.5, 0.6) is 0 Å². The highest BCUT2D eigenvalue weighted by Crippen LogP contribution is 2.28. The molecule has 1 aliphatic rings. The summed E-state index contributed by atoms with van der Waals surface area (Å²) in [7, 11) is 1.54. The van der Waals surface area contributed by atoms with E-state index in [0.29, 0.717) is 30.0 Å². The number of nitrogens with zero attached hydrogens (tertiary/aromatic N) is 3. The van der Waals surface area contributed by atoms with Crippen molar-refractivity contribution in [1.29, 1.82) is 0 Å². The molecule has 12 nitrogen and oxygen atoms in total. The highest BCUT2D eigenvalue weighted by atomic mass is 16.6. The first-order valence-corrected chi connectivity index (χ1v) is 12.6. The van der Waals surface area contributed by atoms with E-state index in [2.05, 4.69) is 25.9 Å². The summed E-state index contributed by atoms with van der Waals surface area (Å²) in [6, 6.07) is 13.2. The number of nitrogens with two attached hydrogens (primary N) is 2. The first-order chi connectivity index (χ1) is 18.4. The first-order valence-electron chi connectivity index (χ1n) is 12.6. The summed E-state index contributed by atoms with van der Waals surface area (Å²) in [5.41, 5.74) is 13.6. The van der Waals surface area contributed by atoms with E-state index >= 15 is 0 Å². The molecule has 1 fully saturated rings. The lowest BCUT2D eigenvalue weighted by Gasteiger charge is -2.34. The van der Waals surface area contributed by atoms with Crippen LogP contribution in [-0.2, 0) is 4.74 Å². The molecule has 0 aromatic heterocycles. The number of amides is 4. The Morgan fingerprint density at radius 3 is 2.31 bits per heavy atom. The maximum atomic E-state index is 12.5. The Morgan fingerprint density at radius 1 is 1.03 bits per heavy atom. The highest BCUT2D eigenvalue weighted by molar-refractivity contribution is 6.05. The Kier molecular flexibility index (Phi) is 9.47. The predicted molar refractivity (Wildman–Crippen MR) is 151 cm³/mol. The van der Waals surface area contributed by atoms with Gasteiger partial charge >= 0.3 is 12.1 Å². The molecule has 1 unspecified atom stereocenters. The molecule has 0 spiro atoms. The molecule has 4 amide bonds. The van der Waals surface area contributed by atoms with Crippen LogP contribution in [-0.4, -0.2) is 60.6 Å². The molecular weight excluding hydrogens is 500 g/mol. The van der Waals surface area contributed by atoms with Crippen molar-refractivity contribution in [3.05, 3.63) is 59.7 Å². The lowest BCUT2D eigenvalue weighted by molar-refractivity contribution is 0.0198. The van der Waals surface area contributed by atoms with Crippen molar-refractivity contribution in [2.75, 3.05) is 25.5 Å². The molecule has 208 valence electrons. The van der Waals surface area contributed by atoms with Crippen LogP contribution in [0.1, 0.15) is 55.5 Å². The van der Waals surface area contributed by atoms with Crippen molar-refractivity contribution in [3.63, 3.8) is 0 Å². The number of hydrogen-bond donors (Lipinski definition) is 5. The number of carbonyl (C=O) groups is 3. The van der Waals surface area contributed by atoms with Gasteiger partial charge in [-0.2, -0.15) is 4.99 Å². The second kappa shape index (κ2) is 12.8. The summed E-state index contributed by atoms with van der Waals surface area (Å²) in [4.78, 5) is 46.1. The fraction of sp³-hybridized carbons (Fsp3) is 0.370. The second-order valence-electron chi connectivity index (χ2n) is 10.1. The smallest absolute Gasteiger partial charge is 0.410 e. The van der Waals surface area contributed by atoms with E-state index in [0.717, 1.165) is 18.4 Å². The van der Waals surface area contributed by atoms with Gasteiger partial charge in [-0.05, 0) is 75.6 Å². The number of carbonyl (C=O) groups excluding carboxylic acids is 3. The Labute approximate surface area is 227 Å². The van der Waals surface area contributed by atoms with Crippen LogP contribution in [0.4, 0.5) is 21.0 Å². The monoisotopic (exact) mass is 536 g/mol. The zero-order valence-electron chi connectivity index (χ0n) is 22.7. The van der Waals surface area contributed by atoms with Gasteiger partial charge in [0.2, 0.25) is 11.9 Å². The number of benzene rings is 2. The van der Waals surface area contributed by atoms with Crippen molar-refractivity contribution in [2.45, 2.75) is 45.1 Å². The van der Waals surface area contributed by atoms with Crippen LogP contribution in [0, 0.1) is 0 Å². The van der Waals surface area contributed by atoms with Gasteiger partial charge in [-0.25, -0.2) is 14.6 Å². The number of hydrogen-bond acceptors (Lipinski definition) is 5. The predicted octanol–water partition coefficient (Wildman–Crippen LogP) is 3.24. The highest BCUT2D eigenvalue weighted by Gasteiger charge is 2.28. The fourth-order valence-electron chi connectivity index (χ4n) is 4.00. The fourth-order valence-corrected chi connectivity index (χ4v) is 4.00. The molecule has 1 atom stereocenters. The summed E-state index contributed by atoms with van der Waals surface area (Å²) < 4.78 is 5.51. The SMILES string of the molecule is CNC(=O)c1ccc(N=C(N)/N=C(/N)NC(=O)Nc2ccc(C3CCCN(C(=O)OC(C)(C)C)C3)cc2)cc1. The summed E-state index contributed by atoms with van der Waals surface area (Å²) in [5.74, 6) is -0.446. The molecule has 39 heavy (non-hydrogen) atoms. The van der Waals surface area contributed by atoms with Gasteiger partial charge in [-0.1, -0.05) is 12.1 Å². The van der Waals surface area contributed by atoms with Gasteiger partial charge in [0.15, 0.2) is 0 Å². The van der Waals surface area contributed by atoms with E-state index in [1.807, 2.05) is 32.9 Å². The van der Waals surface area contributed by atoms with Crippen molar-refractivity contribution in [3.8, 4) is 0 Å². The molecule has 1 saturated heterocycles. The minimum absolute atomic E-state index is 0.169. The number of nitrogens with one attached hydrogen (secondary N) is 3. The third kappa shape index (κ3) is 9.02. The van der Waals surface area contributed by atoms with Gasteiger partial charge in [0.1, 0.15) is 5.60 Å². The largest absolute Gasteiger partial charge is 0.444 e. The zero-order valence-corrected chi connectivity index (χ0v) is 22.7. The zero-order chi connectivity index (χ0) is 28.6. The van der Waals surface area contributed by atoms with E-state index in [9.17, 15) is 14.4 Å². The molecule has 12 heteroatoms. The molecule has 0 bridgehead atoms. The first kappa shape index (κ1) is 29.0. The lowest BCUT2D eigenvalue weighted by atomic mass is 9.91. The Morgan fingerprint density at radius 2 is 1.69 bits per heavy atom. The van der Waals surface area contributed by atoms with Crippen molar-refractivity contribution >= 4 is 41.3 Å². The maximum absolute atomic E-state index is 12.5. The molecule has 2 aromatic carbocycles. The average Bonchev–Trinajstić information content (AvgIpc) is 2.88. The summed E-state index contributed by atoms with van der Waals surface area (Å²) >= 11 is 0. The summed E-state index contributed by atoms with van der Waals surface area (Å²) in [5, 5.41) is 7.62. The number of aliphatic imine (C=N–C) groups is 2. The van der Waals surface area contributed by atoms with E-state index in [1.54, 1.807) is 48.3 Å². The van der Waals surface area contributed by atoms with E-state index < -0.39 is 11.6 Å². The molecule has 2 aromatic rings. The van der Waals surface area contributed by atoms with Crippen molar-refractivity contribution < 1.29 is 19.1 Å². The minimum atomic E-state index is -0.597.